The number of hydrogen-bond acceptors (Lipinski definition) is 9. The first-order valence-corrected chi connectivity index (χ1v) is 18.7. The minimum Gasteiger partial charge on any atom is -0.462 e. The fourth-order valence-corrected chi connectivity index (χ4v) is 4.80. The zero-order valence-electron chi connectivity index (χ0n) is 28.7. The van der Waals surface area contributed by atoms with E-state index in [1.54, 1.807) is 0 Å². The summed E-state index contributed by atoms with van der Waals surface area (Å²) in [5, 5.41) is 18.2. The van der Waals surface area contributed by atoms with E-state index in [-0.39, 0.29) is 19.4 Å². The van der Waals surface area contributed by atoms with Crippen LogP contribution in [-0.4, -0.2) is 65.7 Å². The van der Waals surface area contributed by atoms with Crippen molar-refractivity contribution >= 4 is 19.8 Å². The first-order chi connectivity index (χ1) is 22.7. The molecule has 0 saturated heterocycles. The van der Waals surface area contributed by atoms with Crippen LogP contribution in [0.1, 0.15) is 117 Å². The van der Waals surface area contributed by atoms with Crippen molar-refractivity contribution in [2.45, 2.75) is 129 Å². The van der Waals surface area contributed by atoms with E-state index in [4.69, 9.17) is 19.1 Å². The molecule has 0 aliphatic heterocycles. The summed E-state index contributed by atoms with van der Waals surface area (Å²) >= 11 is 0. The monoisotopic (exact) mass is 684 g/mol. The Labute approximate surface area is 283 Å². The fraction of sp³-hybridized carbons (Fsp3) is 0.667. The summed E-state index contributed by atoms with van der Waals surface area (Å²) in [6.45, 7) is 2.07. The lowest BCUT2D eigenvalue weighted by Gasteiger charge is -2.20. The average Bonchev–Trinajstić information content (AvgIpc) is 3.05. The van der Waals surface area contributed by atoms with Crippen LogP contribution in [0.4, 0.5) is 0 Å². The molecule has 0 aliphatic carbocycles. The van der Waals surface area contributed by atoms with Crippen molar-refractivity contribution in [3.8, 4) is 0 Å². The van der Waals surface area contributed by atoms with Gasteiger partial charge in [0.25, 0.3) is 0 Å². The molecule has 10 nitrogen and oxygen atoms in total. The zero-order valence-corrected chi connectivity index (χ0v) is 29.6. The molecule has 0 aromatic heterocycles. The number of ether oxygens (including phenoxy) is 2. The van der Waals surface area contributed by atoms with Crippen LogP contribution in [0.25, 0.3) is 0 Å². The molecule has 0 spiro atoms. The Balaban J connectivity index is 4.61. The normalized spacial score (nSPS) is 14.9. The number of rotatable bonds is 31. The van der Waals surface area contributed by atoms with Crippen molar-refractivity contribution in [1.29, 1.82) is 0 Å². The van der Waals surface area contributed by atoms with Crippen LogP contribution >= 0.6 is 7.82 Å². The van der Waals surface area contributed by atoms with Crippen molar-refractivity contribution in [3.05, 3.63) is 60.8 Å². The van der Waals surface area contributed by atoms with Gasteiger partial charge in [0.1, 0.15) is 12.7 Å². The third-order valence-corrected chi connectivity index (χ3v) is 7.62. The quantitative estimate of drug-likeness (QED) is 0.0284. The van der Waals surface area contributed by atoms with E-state index in [1.807, 2.05) is 24.3 Å². The molecule has 11 heteroatoms. The molecule has 0 bridgehead atoms. The molecule has 0 heterocycles. The number of carbonyl (C=O) groups excluding carboxylic acids is 2. The van der Waals surface area contributed by atoms with Crippen molar-refractivity contribution in [1.82, 2.24) is 0 Å². The van der Waals surface area contributed by atoms with Crippen molar-refractivity contribution < 1.29 is 47.8 Å². The van der Waals surface area contributed by atoms with Crippen molar-refractivity contribution in [2.75, 3.05) is 26.4 Å². The number of aliphatic hydroxyl groups excluding tert-OH is 2. The molecule has 270 valence electrons. The Hall–Kier alpha value is -2.33. The van der Waals surface area contributed by atoms with E-state index in [0.29, 0.717) is 19.3 Å². The predicted molar refractivity (Wildman–Crippen MR) is 187 cm³/mol. The summed E-state index contributed by atoms with van der Waals surface area (Å²) in [5.41, 5.74) is 0. The number of phosphoric acid groups is 1. The second-order valence-electron chi connectivity index (χ2n) is 11.2. The number of esters is 2. The van der Waals surface area contributed by atoms with Crippen LogP contribution in [0.5, 0.6) is 0 Å². The Morgan fingerprint density at radius 2 is 1.21 bits per heavy atom. The topological polar surface area (TPSA) is 149 Å². The van der Waals surface area contributed by atoms with Gasteiger partial charge < -0.3 is 24.6 Å². The highest BCUT2D eigenvalue weighted by atomic mass is 31.2. The van der Waals surface area contributed by atoms with Gasteiger partial charge in [-0.1, -0.05) is 107 Å². The van der Waals surface area contributed by atoms with E-state index in [1.165, 1.54) is 38.5 Å². The summed E-state index contributed by atoms with van der Waals surface area (Å²) in [6.07, 6.45) is 32.3. The number of unbranched alkanes of at least 4 members (excludes halogenated alkanes) is 7. The number of allylic oxidation sites excluding steroid dienone is 10. The fourth-order valence-electron chi connectivity index (χ4n) is 4.01. The minimum absolute atomic E-state index is 0.0648. The highest BCUT2D eigenvalue weighted by molar-refractivity contribution is 7.47. The predicted octanol–water partition coefficient (Wildman–Crippen LogP) is 7.99. The number of phosphoric ester groups is 1. The Kier molecular flexibility index (Phi) is 30.6. The molecule has 0 radical (unpaired) electrons. The van der Waals surface area contributed by atoms with E-state index in [9.17, 15) is 24.2 Å². The Morgan fingerprint density at radius 1 is 0.660 bits per heavy atom. The zero-order chi connectivity index (χ0) is 34.9. The lowest BCUT2D eigenvalue weighted by Crippen LogP contribution is -2.29. The van der Waals surface area contributed by atoms with E-state index < -0.39 is 51.8 Å². The van der Waals surface area contributed by atoms with Crippen molar-refractivity contribution in [3.63, 3.8) is 0 Å². The van der Waals surface area contributed by atoms with E-state index in [0.717, 1.165) is 32.1 Å². The largest absolute Gasteiger partial charge is 0.472 e. The van der Waals surface area contributed by atoms with Gasteiger partial charge in [0, 0.05) is 12.8 Å². The van der Waals surface area contributed by atoms with E-state index in [2.05, 4.69) is 54.8 Å². The van der Waals surface area contributed by atoms with Gasteiger partial charge in [0.05, 0.1) is 19.8 Å². The molecule has 0 aliphatic rings. The molecule has 3 N–H and O–H groups in total. The van der Waals surface area contributed by atoms with Crippen LogP contribution < -0.4 is 0 Å². The Bertz CT molecular complexity index is 973. The molecule has 0 saturated carbocycles. The molecule has 3 atom stereocenters. The molecule has 47 heavy (non-hydrogen) atoms. The van der Waals surface area contributed by atoms with E-state index >= 15 is 0 Å². The van der Waals surface area contributed by atoms with Crippen molar-refractivity contribution in [2.24, 2.45) is 0 Å². The number of hydrogen-bond donors (Lipinski definition) is 3. The molecular formula is C36H61O10P. The first kappa shape index (κ1) is 44.7. The van der Waals surface area contributed by atoms with Crippen LogP contribution in [0, 0.1) is 0 Å². The SMILES string of the molecule is CC/C=C/C/C=C/C/C=C/CCCC(=O)OCC(COP(=O)(O)OC[C@@H](O)CO)OC(=O)CC/C=C/C/C=C/CCCCCCCC. The van der Waals surface area contributed by atoms with Gasteiger partial charge in [-0.05, 0) is 57.8 Å². The lowest BCUT2D eigenvalue weighted by molar-refractivity contribution is -0.161. The number of aliphatic hydroxyl groups is 2. The lowest BCUT2D eigenvalue weighted by atomic mass is 10.1. The second-order valence-corrected chi connectivity index (χ2v) is 12.6. The molecular weight excluding hydrogens is 623 g/mol. The maximum atomic E-state index is 12.5. The molecule has 2 unspecified atom stereocenters. The third-order valence-electron chi connectivity index (χ3n) is 6.67. The molecule has 0 rings (SSSR count). The smallest absolute Gasteiger partial charge is 0.462 e. The number of carbonyl (C=O) groups is 2. The van der Waals surface area contributed by atoms with Crippen LogP contribution in [0.2, 0.25) is 0 Å². The summed E-state index contributed by atoms with van der Waals surface area (Å²) in [4.78, 5) is 34.6. The molecule has 0 amide bonds. The molecule has 0 aromatic carbocycles. The average molecular weight is 685 g/mol. The third kappa shape index (κ3) is 32.0. The van der Waals surface area contributed by atoms with Crippen LogP contribution in [0.15, 0.2) is 60.8 Å². The molecule has 0 aromatic rings. The summed E-state index contributed by atoms with van der Waals surface area (Å²) in [5.74, 6) is -1.08. The summed E-state index contributed by atoms with van der Waals surface area (Å²) in [6, 6.07) is 0. The van der Waals surface area contributed by atoms with Crippen LogP contribution in [-0.2, 0) is 32.7 Å². The van der Waals surface area contributed by atoms with Gasteiger partial charge >= 0.3 is 19.8 Å². The maximum Gasteiger partial charge on any atom is 0.472 e. The van der Waals surface area contributed by atoms with Gasteiger partial charge in [0.2, 0.25) is 0 Å². The van der Waals surface area contributed by atoms with Gasteiger partial charge in [-0.15, -0.1) is 0 Å². The summed E-state index contributed by atoms with van der Waals surface area (Å²) < 4.78 is 32.3. The highest BCUT2D eigenvalue weighted by Gasteiger charge is 2.27. The second kappa shape index (κ2) is 32.2. The molecule has 0 fully saturated rings. The van der Waals surface area contributed by atoms with Gasteiger partial charge in [-0.3, -0.25) is 18.6 Å². The Morgan fingerprint density at radius 3 is 1.85 bits per heavy atom. The van der Waals surface area contributed by atoms with Gasteiger partial charge in [-0.25, -0.2) is 4.57 Å². The first-order valence-electron chi connectivity index (χ1n) is 17.2. The van der Waals surface area contributed by atoms with Gasteiger partial charge in [0.15, 0.2) is 6.10 Å². The summed E-state index contributed by atoms with van der Waals surface area (Å²) in [7, 11) is -4.63. The van der Waals surface area contributed by atoms with Gasteiger partial charge in [-0.2, -0.15) is 0 Å². The maximum absolute atomic E-state index is 12.5. The van der Waals surface area contributed by atoms with Crippen LogP contribution in [0.3, 0.4) is 0 Å². The highest BCUT2D eigenvalue weighted by Crippen LogP contribution is 2.43. The standard InChI is InChI=1S/C36H61O10P/c1-3-5-7-9-11-13-15-16-18-20-22-24-26-28-36(40)46-34(32-45-47(41,42)44-30-33(38)29-37)31-43-35(39)27-25-23-21-19-17-14-12-10-8-6-4-2/h6,8,12,14,16,18-19,21-22,24,33-34,37-38H,3-5,7,9-11,13,15,17,20,23,25-32H2,1-2H3,(H,41,42)/b8-6+,14-12+,18-16+,21-19+,24-22+/t33-,34?/m0/s1. The minimum atomic E-state index is -4.63.